The van der Waals surface area contributed by atoms with E-state index in [0.29, 0.717) is 24.3 Å². The zero-order valence-corrected chi connectivity index (χ0v) is 31.9. The fraction of sp³-hybridized carbons (Fsp3) is 0.536. The number of sulfonamides is 1. The van der Waals surface area contributed by atoms with Crippen molar-refractivity contribution in [2.75, 3.05) is 33.4 Å². The number of hydrogen-bond acceptors (Lipinski definition) is 10. The molecule has 6 atom stereocenters. The molecule has 45 heavy (non-hydrogen) atoms. The minimum atomic E-state index is -5.41. The van der Waals surface area contributed by atoms with Gasteiger partial charge in [-0.15, -0.1) is 0 Å². The molecular formula is C28H38N2Na2O11PS. The smallest absolute Gasteiger partial charge is 0.756 e. The Hall–Kier alpha value is -0.550. The van der Waals surface area contributed by atoms with E-state index in [4.69, 9.17) is 23.5 Å². The number of hydrogen-bond donors (Lipinski definition) is 2. The average molecular weight is 688 g/mol. The van der Waals surface area contributed by atoms with Gasteiger partial charge in [-0.2, -0.15) is 4.31 Å². The monoisotopic (exact) mass is 687 g/mol. The number of nitrogens with zero attached hydrogens (tertiary/aromatic N) is 1. The fourth-order valence-electron chi connectivity index (χ4n) is 5.19. The van der Waals surface area contributed by atoms with Crippen LogP contribution in [0.1, 0.15) is 25.8 Å². The van der Waals surface area contributed by atoms with Crippen LogP contribution in [0.4, 0.5) is 4.79 Å². The Balaban J connectivity index is 0.00000353. The van der Waals surface area contributed by atoms with Crippen molar-refractivity contribution >= 4 is 53.5 Å². The maximum Gasteiger partial charge on any atom is 1.00 e. The molecule has 2 heterocycles. The van der Waals surface area contributed by atoms with E-state index >= 15 is 0 Å². The molecule has 0 bridgehead atoms. The van der Waals surface area contributed by atoms with Gasteiger partial charge in [0, 0.05) is 42.6 Å². The van der Waals surface area contributed by atoms with Gasteiger partial charge in [-0.25, -0.2) is 13.2 Å². The van der Waals surface area contributed by atoms with E-state index in [1.54, 1.807) is 44.2 Å². The molecule has 0 spiro atoms. The maximum absolute atomic E-state index is 13.8. The Bertz CT molecular complexity index is 1370. The Labute approximate surface area is 308 Å². The molecule has 2 aliphatic heterocycles. The molecule has 2 fully saturated rings. The third-order valence-corrected chi connectivity index (χ3v) is 9.60. The average Bonchev–Trinajstić information content (AvgIpc) is 3.57. The molecule has 239 valence electrons. The first-order valence-electron chi connectivity index (χ1n) is 14.0. The molecule has 1 amide bonds. The second kappa shape index (κ2) is 18.3. The minimum Gasteiger partial charge on any atom is -0.756 e. The summed E-state index contributed by atoms with van der Waals surface area (Å²) in [4.78, 5) is 35.0. The molecule has 1 radical (unpaired) electrons. The second-order valence-corrected chi connectivity index (χ2v) is 14.0. The normalized spacial score (nSPS) is 22.0. The number of fused-ring (bicyclic) bond motifs is 1. The van der Waals surface area contributed by atoms with Crippen molar-refractivity contribution in [2.24, 2.45) is 11.8 Å². The van der Waals surface area contributed by atoms with Crippen molar-refractivity contribution in [3.05, 3.63) is 60.2 Å². The van der Waals surface area contributed by atoms with E-state index in [0.717, 1.165) is 4.31 Å². The number of alkyl carbamates (subject to hydrolysis) is 1. The maximum atomic E-state index is 13.8. The molecule has 2 saturated heterocycles. The van der Waals surface area contributed by atoms with Crippen LogP contribution in [0.3, 0.4) is 0 Å². The Morgan fingerprint density at radius 1 is 1.13 bits per heavy atom. The molecule has 13 nitrogen and oxygen atoms in total. The van der Waals surface area contributed by atoms with Crippen molar-refractivity contribution in [3.63, 3.8) is 0 Å². The molecular weight excluding hydrogens is 649 g/mol. The molecule has 2 aliphatic rings. The number of carbonyl (C=O) groups is 1. The number of phosphoric acid groups is 1. The minimum absolute atomic E-state index is 0. The SMILES string of the molecule is COc1ccc(S(=O)(=O)N(CC(C)C)C[C@@H](OP(=O)([O-])O)[C@H](Cc2ccccc2)NC(=O)O[C@H]2CO[C@H]3OCC[C@H]32)cc1.[Na+].[Na]. The topological polar surface area (TPSA) is 173 Å². The summed E-state index contributed by atoms with van der Waals surface area (Å²) >= 11 is 0. The Kier molecular flexibility index (Phi) is 16.5. The number of phosphoric ester groups is 1. The van der Waals surface area contributed by atoms with Crippen LogP contribution in [-0.2, 0) is 39.7 Å². The first-order valence-corrected chi connectivity index (χ1v) is 16.9. The summed E-state index contributed by atoms with van der Waals surface area (Å²) in [5.74, 6) is 0.147. The molecule has 0 aliphatic carbocycles. The van der Waals surface area contributed by atoms with E-state index < -0.39 is 55.0 Å². The zero-order valence-electron chi connectivity index (χ0n) is 26.2. The summed E-state index contributed by atoms with van der Waals surface area (Å²) < 4.78 is 67.6. The third-order valence-electron chi connectivity index (χ3n) is 7.21. The number of methoxy groups -OCH3 is 1. The van der Waals surface area contributed by atoms with Crippen LogP contribution >= 0.6 is 7.82 Å². The summed E-state index contributed by atoms with van der Waals surface area (Å²) in [7, 11) is -8.14. The molecule has 2 aromatic carbocycles. The molecule has 0 saturated carbocycles. The fourth-order valence-corrected chi connectivity index (χ4v) is 7.37. The van der Waals surface area contributed by atoms with E-state index in [1.165, 1.54) is 31.4 Å². The van der Waals surface area contributed by atoms with Crippen LogP contribution in [0.2, 0.25) is 0 Å². The van der Waals surface area contributed by atoms with Crippen LogP contribution in [-0.4, -0.2) is 111 Å². The molecule has 4 rings (SSSR count). The summed E-state index contributed by atoms with van der Waals surface area (Å²) in [6.07, 6.45) is -2.75. The van der Waals surface area contributed by atoms with Gasteiger partial charge in [0.05, 0.1) is 37.2 Å². The van der Waals surface area contributed by atoms with E-state index in [-0.39, 0.29) is 95.4 Å². The van der Waals surface area contributed by atoms with Gasteiger partial charge >= 0.3 is 35.7 Å². The number of benzene rings is 2. The predicted molar refractivity (Wildman–Crippen MR) is 158 cm³/mol. The van der Waals surface area contributed by atoms with Gasteiger partial charge in [-0.3, -0.25) is 4.57 Å². The molecule has 1 unspecified atom stereocenters. The summed E-state index contributed by atoms with van der Waals surface area (Å²) in [6, 6.07) is 13.5. The largest absolute Gasteiger partial charge is 1.00 e. The van der Waals surface area contributed by atoms with Crippen molar-refractivity contribution in [2.45, 2.75) is 56.1 Å². The molecule has 2 N–H and O–H groups in total. The van der Waals surface area contributed by atoms with Crippen molar-refractivity contribution in [1.82, 2.24) is 9.62 Å². The van der Waals surface area contributed by atoms with Gasteiger partial charge in [-0.05, 0) is 48.6 Å². The number of amides is 1. The number of rotatable bonds is 14. The predicted octanol–water partition coefficient (Wildman–Crippen LogP) is -1.09. The van der Waals surface area contributed by atoms with Crippen molar-refractivity contribution in [3.8, 4) is 5.75 Å². The van der Waals surface area contributed by atoms with E-state index in [2.05, 4.69) is 5.32 Å². The van der Waals surface area contributed by atoms with E-state index in [9.17, 15) is 27.6 Å². The van der Waals surface area contributed by atoms with Crippen LogP contribution < -0.4 is 44.5 Å². The van der Waals surface area contributed by atoms with Crippen LogP contribution in [0.15, 0.2) is 59.5 Å². The van der Waals surface area contributed by atoms with Crippen LogP contribution in [0, 0.1) is 11.8 Å². The zero-order chi connectivity index (χ0) is 31.2. The van der Waals surface area contributed by atoms with Gasteiger partial charge in [0.25, 0.3) is 7.82 Å². The standard InChI is InChI=1S/C28H39N2O11PS.2Na/c1-19(2)16-30(43(35,36)22-11-9-21(37-3)10-12-22)17-25(41-42(32,33)34)24(15-20-7-5-4-6-8-20)29-28(31)40-26-18-39-27-23(26)13-14-38-27;;/h4-12,19,23-27H,13-18H2,1-3H3,(H,29,31)(H2,32,33,34);;/q;;+1/p-1/t23-,24-,25+,26-,27+;;/m0../s1. The van der Waals surface area contributed by atoms with Crippen molar-refractivity contribution < 1.29 is 80.6 Å². The second-order valence-electron chi connectivity index (χ2n) is 10.9. The number of nitrogens with one attached hydrogen (secondary N) is 1. The van der Waals surface area contributed by atoms with Gasteiger partial charge in [-0.1, -0.05) is 44.2 Å². The van der Waals surface area contributed by atoms with Crippen LogP contribution in [0.5, 0.6) is 5.75 Å². The number of ether oxygens (including phenoxy) is 4. The summed E-state index contributed by atoms with van der Waals surface area (Å²) in [5, 5.41) is 2.67. The van der Waals surface area contributed by atoms with E-state index in [1.807, 2.05) is 0 Å². The quantitative estimate of drug-likeness (QED) is 0.183. The van der Waals surface area contributed by atoms with Gasteiger partial charge in [0.1, 0.15) is 18.0 Å². The molecule has 17 heteroatoms. The first-order chi connectivity index (χ1) is 20.4. The summed E-state index contributed by atoms with van der Waals surface area (Å²) in [5.41, 5.74) is 0.696. The Morgan fingerprint density at radius 2 is 1.80 bits per heavy atom. The van der Waals surface area contributed by atoms with Gasteiger partial charge in [0.15, 0.2) is 6.29 Å². The van der Waals surface area contributed by atoms with Gasteiger partial charge in [0.2, 0.25) is 10.0 Å². The van der Waals surface area contributed by atoms with Gasteiger partial charge < -0.3 is 38.6 Å². The van der Waals surface area contributed by atoms with Crippen molar-refractivity contribution in [1.29, 1.82) is 0 Å². The summed E-state index contributed by atoms with van der Waals surface area (Å²) in [6.45, 7) is 3.71. The number of carbonyl (C=O) groups excluding carboxylic acids is 1. The Morgan fingerprint density at radius 3 is 2.40 bits per heavy atom. The first kappa shape index (κ1) is 40.6. The molecule has 0 aromatic heterocycles. The molecule has 2 aromatic rings. The van der Waals surface area contributed by atoms with Crippen LogP contribution in [0.25, 0.3) is 0 Å². The third kappa shape index (κ3) is 11.8.